The van der Waals surface area contributed by atoms with Gasteiger partial charge in [0.15, 0.2) is 5.78 Å². The van der Waals surface area contributed by atoms with Crippen LogP contribution in [0.15, 0.2) is 24.3 Å². The highest BCUT2D eigenvalue weighted by atomic mass is 16.4. The molecule has 0 saturated heterocycles. The predicted molar refractivity (Wildman–Crippen MR) is 68.8 cm³/mol. The first-order valence-corrected chi connectivity index (χ1v) is 6.46. The molecule has 0 radical (unpaired) electrons. The van der Waals surface area contributed by atoms with Gasteiger partial charge in [-0.25, -0.2) is 0 Å². The second kappa shape index (κ2) is 5.34. The molecule has 2 rings (SSSR count). The van der Waals surface area contributed by atoms with E-state index in [-0.39, 0.29) is 11.7 Å². The average Bonchev–Trinajstić information content (AvgIpc) is 2.91. The van der Waals surface area contributed by atoms with Crippen LogP contribution in [-0.4, -0.2) is 16.9 Å². The Morgan fingerprint density at radius 3 is 2.22 bits per heavy atom. The summed E-state index contributed by atoms with van der Waals surface area (Å²) >= 11 is 0. The lowest BCUT2D eigenvalue weighted by atomic mass is 9.93. The summed E-state index contributed by atoms with van der Waals surface area (Å²) in [6, 6.07) is 7.02. The topological polar surface area (TPSA) is 54.4 Å². The van der Waals surface area contributed by atoms with Crippen molar-refractivity contribution in [3.63, 3.8) is 0 Å². The van der Waals surface area contributed by atoms with Crippen LogP contribution < -0.4 is 0 Å². The van der Waals surface area contributed by atoms with E-state index in [4.69, 9.17) is 5.11 Å². The molecular weight excluding hydrogens is 228 g/mol. The number of carbonyl (C=O) groups excluding carboxylic acids is 1. The van der Waals surface area contributed by atoms with E-state index in [0.717, 1.165) is 31.2 Å². The van der Waals surface area contributed by atoms with E-state index in [1.54, 1.807) is 31.2 Å². The van der Waals surface area contributed by atoms with Crippen LogP contribution in [0.3, 0.4) is 0 Å². The molecule has 18 heavy (non-hydrogen) atoms. The van der Waals surface area contributed by atoms with Crippen LogP contribution >= 0.6 is 0 Å². The maximum atomic E-state index is 12.1. The van der Waals surface area contributed by atoms with Crippen LogP contribution in [0.5, 0.6) is 0 Å². The lowest BCUT2D eigenvalue weighted by Gasteiger charge is -2.10. The van der Waals surface area contributed by atoms with Crippen molar-refractivity contribution >= 4 is 11.8 Å². The summed E-state index contributed by atoms with van der Waals surface area (Å²) in [6.45, 7) is 1.65. The Hall–Kier alpha value is -1.64. The van der Waals surface area contributed by atoms with Gasteiger partial charge in [0, 0.05) is 11.5 Å². The summed E-state index contributed by atoms with van der Waals surface area (Å²) in [4.78, 5) is 23.0. The highest BCUT2D eigenvalue weighted by molar-refractivity contribution is 5.98. The van der Waals surface area contributed by atoms with Crippen LogP contribution in [0.2, 0.25) is 0 Å². The first-order chi connectivity index (χ1) is 8.59. The largest absolute Gasteiger partial charge is 0.481 e. The lowest BCUT2D eigenvalue weighted by molar-refractivity contribution is -0.138. The fourth-order valence-electron chi connectivity index (χ4n) is 2.50. The second-order valence-corrected chi connectivity index (χ2v) is 5.03. The molecule has 1 unspecified atom stereocenters. The second-order valence-electron chi connectivity index (χ2n) is 5.03. The molecule has 1 N–H and O–H groups in total. The summed E-state index contributed by atoms with van der Waals surface area (Å²) in [7, 11) is 0. The van der Waals surface area contributed by atoms with E-state index in [1.807, 2.05) is 0 Å². The standard InChI is InChI=1S/C15H18O3/c1-10(15(17)18)11-6-8-13(9-7-11)14(16)12-4-2-3-5-12/h6-10,12H,2-5H2,1H3,(H,17,18). The molecule has 0 aliphatic heterocycles. The fraction of sp³-hybridized carbons (Fsp3) is 0.467. The number of carboxylic acid groups (broad SMARTS) is 1. The van der Waals surface area contributed by atoms with Crippen LogP contribution in [-0.2, 0) is 4.79 Å². The van der Waals surface area contributed by atoms with Gasteiger partial charge in [-0.2, -0.15) is 0 Å². The number of rotatable bonds is 4. The first kappa shape index (κ1) is 12.8. The average molecular weight is 246 g/mol. The zero-order chi connectivity index (χ0) is 13.1. The molecule has 0 spiro atoms. The summed E-state index contributed by atoms with van der Waals surface area (Å²) in [5, 5.41) is 8.92. The van der Waals surface area contributed by atoms with Crippen molar-refractivity contribution < 1.29 is 14.7 Å². The van der Waals surface area contributed by atoms with Crippen molar-refractivity contribution in [3.8, 4) is 0 Å². The molecule has 0 heterocycles. The van der Waals surface area contributed by atoms with Gasteiger partial charge in [0.1, 0.15) is 0 Å². The molecule has 0 aromatic heterocycles. The Labute approximate surface area is 107 Å². The Morgan fingerprint density at radius 2 is 1.72 bits per heavy atom. The minimum Gasteiger partial charge on any atom is -0.481 e. The number of carboxylic acids is 1. The number of benzene rings is 1. The van der Waals surface area contributed by atoms with Gasteiger partial charge in [-0.3, -0.25) is 9.59 Å². The monoisotopic (exact) mass is 246 g/mol. The Kier molecular flexibility index (Phi) is 3.80. The molecule has 1 aromatic rings. The number of ketones is 1. The zero-order valence-corrected chi connectivity index (χ0v) is 10.6. The number of carbonyl (C=O) groups is 2. The molecule has 1 aliphatic rings. The smallest absolute Gasteiger partial charge is 0.310 e. The van der Waals surface area contributed by atoms with Crippen LogP contribution in [0, 0.1) is 5.92 Å². The third-order valence-corrected chi connectivity index (χ3v) is 3.79. The summed E-state index contributed by atoms with van der Waals surface area (Å²) < 4.78 is 0. The minimum absolute atomic E-state index is 0.174. The van der Waals surface area contributed by atoms with E-state index in [1.165, 1.54) is 0 Å². The van der Waals surface area contributed by atoms with E-state index >= 15 is 0 Å². The molecule has 1 fully saturated rings. The van der Waals surface area contributed by atoms with Crippen molar-refractivity contribution in [2.75, 3.05) is 0 Å². The molecular formula is C15H18O3. The highest BCUT2D eigenvalue weighted by Crippen LogP contribution is 2.28. The van der Waals surface area contributed by atoms with Gasteiger partial charge in [-0.05, 0) is 25.3 Å². The Morgan fingerprint density at radius 1 is 1.17 bits per heavy atom. The lowest BCUT2D eigenvalue weighted by Crippen LogP contribution is -2.12. The van der Waals surface area contributed by atoms with Crippen LogP contribution in [0.25, 0.3) is 0 Å². The Bertz CT molecular complexity index is 441. The molecule has 0 bridgehead atoms. The minimum atomic E-state index is -0.843. The maximum absolute atomic E-state index is 12.1. The molecule has 1 aromatic carbocycles. The van der Waals surface area contributed by atoms with Gasteiger partial charge >= 0.3 is 5.97 Å². The van der Waals surface area contributed by atoms with Crippen LogP contribution in [0.4, 0.5) is 0 Å². The first-order valence-electron chi connectivity index (χ1n) is 6.46. The Balaban J connectivity index is 2.12. The van der Waals surface area contributed by atoms with Crippen LogP contribution in [0.1, 0.15) is 54.4 Å². The van der Waals surface area contributed by atoms with Gasteiger partial charge in [-0.1, -0.05) is 37.1 Å². The SMILES string of the molecule is CC(C(=O)O)c1ccc(C(=O)C2CCCC2)cc1. The van der Waals surface area contributed by atoms with E-state index in [2.05, 4.69) is 0 Å². The highest BCUT2D eigenvalue weighted by Gasteiger charge is 2.24. The zero-order valence-electron chi connectivity index (χ0n) is 10.6. The van der Waals surface area contributed by atoms with Crippen molar-refractivity contribution in [2.45, 2.75) is 38.5 Å². The molecule has 3 nitrogen and oxygen atoms in total. The number of Topliss-reactive ketones (excluding diaryl/α,β-unsaturated/α-hetero) is 1. The van der Waals surface area contributed by atoms with Gasteiger partial charge < -0.3 is 5.11 Å². The molecule has 0 amide bonds. The van der Waals surface area contributed by atoms with E-state index in [9.17, 15) is 9.59 Å². The summed E-state index contributed by atoms with van der Waals surface area (Å²) in [5.74, 6) is -0.986. The van der Waals surface area contributed by atoms with Crippen molar-refractivity contribution in [3.05, 3.63) is 35.4 Å². The third kappa shape index (κ3) is 2.61. The molecule has 1 saturated carbocycles. The molecule has 1 aliphatic carbocycles. The van der Waals surface area contributed by atoms with Gasteiger partial charge in [0.2, 0.25) is 0 Å². The van der Waals surface area contributed by atoms with Gasteiger partial charge in [-0.15, -0.1) is 0 Å². The maximum Gasteiger partial charge on any atom is 0.310 e. The predicted octanol–water partition coefficient (Wildman–Crippen LogP) is 3.25. The summed E-state index contributed by atoms with van der Waals surface area (Å²) in [5.41, 5.74) is 1.45. The van der Waals surface area contributed by atoms with Crippen molar-refractivity contribution in [1.82, 2.24) is 0 Å². The summed E-state index contributed by atoms with van der Waals surface area (Å²) in [6.07, 6.45) is 4.27. The van der Waals surface area contributed by atoms with E-state index < -0.39 is 11.9 Å². The van der Waals surface area contributed by atoms with Crippen molar-refractivity contribution in [1.29, 1.82) is 0 Å². The van der Waals surface area contributed by atoms with E-state index in [0.29, 0.717) is 5.56 Å². The molecule has 1 atom stereocenters. The quantitative estimate of drug-likeness (QED) is 0.830. The molecule has 96 valence electrons. The fourth-order valence-corrected chi connectivity index (χ4v) is 2.50. The van der Waals surface area contributed by atoms with Gasteiger partial charge in [0.05, 0.1) is 5.92 Å². The van der Waals surface area contributed by atoms with Gasteiger partial charge in [0.25, 0.3) is 0 Å². The number of aliphatic carboxylic acids is 1. The number of hydrogen-bond donors (Lipinski definition) is 1. The normalized spacial score (nSPS) is 17.6. The number of hydrogen-bond acceptors (Lipinski definition) is 2. The molecule has 3 heteroatoms. The van der Waals surface area contributed by atoms with Crippen molar-refractivity contribution in [2.24, 2.45) is 5.92 Å². The third-order valence-electron chi connectivity index (χ3n) is 3.79.